The van der Waals surface area contributed by atoms with Crippen LogP contribution in [0.3, 0.4) is 0 Å². The topological polar surface area (TPSA) is 93.7 Å². The van der Waals surface area contributed by atoms with Gasteiger partial charge in [0.1, 0.15) is 0 Å². The SMILES string of the molecule is CCOc1ccc(C(C)NC(=O)c2cc(NS(=O)(=O)c3ccccc3)ccc2Cl)cc1OCC. The monoisotopic (exact) mass is 502 g/mol. The minimum Gasteiger partial charge on any atom is -0.490 e. The zero-order chi connectivity index (χ0) is 24.7. The third-order valence-electron chi connectivity index (χ3n) is 4.93. The van der Waals surface area contributed by atoms with Crippen molar-refractivity contribution in [1.82, 2.24) is 5.32 Å². The lowest BCUT2D eigenvalue weighted by atomic mass is 10.1. The number of anilines is 1. The molecule has 0 radical (unpaired) electrons. The van der Waals surface area contributed by atoms with E-state index >= 15 is 0 Å². The smallest absolute Gasteiger partial charge is 0.261 e. The van der Waals surface area contributed by atoms with Crippen molar-refractivity contribution >= 4 is 33.2 Å². The highest BCUT2D eigenvalue weighted by molar-refractivity contribution is 7.92. The summed E-state index contributed by atoms with van der Waals surface area (Å²) in [6.07, 6.45) is 0. The van der Waals surface area contributed by atoms with Gasteiger partial charge in [0, 0.05) is 5.69 Å². The van der Waals surface area contributed by atoms with E-state index in [9.17, 15) is 13.2 Å². The van der Waals surface area contributed by atoms with Crippen molar-refractivity contribution in [2.45, 2.75) is 31.7 Å². The third kappa shape index (κ3) is 6.21. The molecule has 0 bridgehead atoms. The van der Waals surface area contributed by atoms with Gasteiger partial charge in [0.25, 0.3) is 15.9 Å². The van der Waals surface area contributed by atoms with Gasteiger partial charge in [0.15, 0.2) is 11.5 Å². The molecule has 34 heavy (non-hydrogen) atoms. The Morgan fingerprint density at radius 2 is 1.62 bits per heavy atom. The summed E-state index contributed by atoms with van der Waals surface area (Å²) in [5.74, 6) is 0.788. The maximum Gasteiger partial charge on any atom is 0.261 e. The van der Waals surface area contributed by atoms with Gasteiger partial charge in [-0.3, -0.25) is 9.52 Å². The number of nitrogens with one attached hydrogen (secondary N) is 2. The molecule has 0 aliphatic carbocycles. The molecular formula is C25H27ClN2O5S. The number of carbonyl (C=O) groups is 1. The Balaban J connectivity index is 1.79. The number of ether oxygens (including phenoxy) is 2. The minimum atomic E-state index is -3.80. The molecule has 0 aromatic heterocycles. The molecule has 0 aliphatic heterocycles. The lowest BCUT2D eigenvalue weighted by molar-refractivity contribution is 0.0940. The van der Waals surface area contributed by atoms with Crippen LogP contribution in [-0.2, 0) is 10.0 Å². The zero-order valence-corrected chi connectivity index (χ0v) is 20.7. The van der Waals surface area contributed by atoms with E-state index < -0.39 is 15.9 Å². The molecule has 1 amide bonds. The largest absolute Gasteiger partial charge is 0.490 e. The van der Waals surface area contributed by atoms with Crippen molar-refractivity contribution in [3.63, 3.8) is 0 Å². The van der Waals surface area contributed by atoms with E-state index in [1.807, 2.05) is 32.9 Å². The summed E-state index contributed by atoms with van der Waals surface area (Å²) < 4.78 is 39.0. The number of carbonyl (C=O) groups excluding carboxylic acids is 1. The Hall–Kier alpha value is -3.23. The van der Waals surface area contributed by atoms with Gasteiger partial charge in [0.05, 0.1) is 34.7 Å². The molecule has 180 valence electrons. The molecule has 3 aromatic carbocycles. The van der Waals surface area contributed by atoms with Crippen molar-refractivity contribution < 1.29 is 22.7 Å². The van der Waals surface area contributed by atoms with Gasteiger partial charge in [0.2, 0.25) is 0 Å². The molecule has 0 saturated heterocycles. The highest BCUT2D eigenvalue weighted by atomic mass is 35.5. The fourth-order valence-corrected chi connectivity index (χ4v) is 4.55. The van der Waals surface area contributed by atoms with Crippen LogP contribution in [0.2, 0.25) is 5.02 Å². The second-order valence-electron chi connectivity index (χ2n) is 7.38. The number of sulfonamides is 1. The highest BCUT2D eigenvalue weighted by Crippen LogP contribution is 2.31. The number of hydrogen-bond donors (Lipinski definition) is 2. The van der Waals surface area contributed by atoms with E-state index in [0.717, 1.165) is 5.56 Å². The zero-order valence-electron chi connectivity index (χ0n) is 19.2. The first kappa shape index (κ1) is 25.4. The Morgan fingerprint density at radius 3 is 2.29 bits per heavy atom. The Kier molecular flexibility index (Phi) is 8.41. The molecule has 0 spiro atoms. The molecule has 0 saturated carbocycles. The first-order chi connectivity index (χ1) is 16.2. The van der Waals surface area contributed by atoms with E-state index in [0.29, 0.717) is 24.7 Å². The number of halogens is 1. The van der Waals surface area contributed by atoms with Gasteiger partial charge in [-0.2, -0.15) is 0 Å². The molecule has 3 aromatic rings. The summed E-state index contributed by atoms with van der Waals surface area (Å²) >= 11 is 6.26. The van der Waals surface area contributed by atoms with Crippen LogP contribution in [-0.4, -0.2) is 27.5 Å². The molecule has 1 unspecified atom stereocenters. The maximum atomic E-state index is 13.0. The van der Waals surface area contributed by atoms with E-state index in [1.54, 1.807) is 24.3 Å². The highest BCUT2D eigenvalue weighted by Gasteiger charge is 2.19. The van der Waals surface area contributed by atoms with Crippen molar-refractivity contribution in [1.29, 1.82) is 0 Å². The number of hydrogen-bond acceptors (Lipinski definition) is 5. The normalized spacial score (nSPS) is 12.0. The molecule has 0 fully saturated rings. The van der Waals surface area contributed by atoms with Gasteiger partial charge >= 0.3 is 0 Å². The summed E-state index contributed by atoms with van der Waals surface area (Å²) in [6.45, 7) is 6.60. The predicted octanol–water partition coefficient (Wildman–Crippen LogP) is 5.43. The average molecular weight is 503 g/mol. The predicted molar refractivity (Wildman–Crippen MR) is 133 cm³/mol. The second-order valence-corrected chi connectivity index (χ2v) is 9.47. The van der Waals surface area contributed by atoms with Gasteiger partial charge < -0.3 is 14.8 Å². The van der Waals surface area contributed by atoms with E-state index in [1.165, 1.54) is 30.3 Å². The summed E-state index contributed by atoms with van der Waals surface area (Å²) in [6, 6.07) is 17.5. The number of rotatable bonds is 10. The van der Waals surface area contributed by atoms with Crippen molar-refractivity contribution in [2.24, 2.45) is 0 Å². The van der Waals surface area contributed by atoms with Crippen molar-refractivity contribution in [3.05, 3.63) is 82.9 Å². The van der Waals surface area contributed by atoms with Crippen LogP contribution < -0.4 is 19.5 Å². The second kappa shape index (κ2) is 11.3. The third-order valence-corrected chi connectivity index (χ3v) is 6.66. The van der Waals surface area contributed by atoms with E-state index in [-0.39, 0.29) is 27.2 Å². The van der Waals surface area contributed by atoms with Gasteiger partial charge in [-0.05, 0) is 68.8 Å². The lowest BCUT2D eigenvalue weighted by Crippen LogP contribution is -2.27. The van der Waals surface area contributed by atoms with Crippen molar-refractivity contribution in [2.75, 3.05) is 17.9 Å². The fourth-order valence-electron chi connectivity index (χ4n) is 3.27. The van der Waals surface area contributed by atoms with Crippen LogP contribution in [0, 0.1) is 0 Å². The Labute approximate surface area is 205 Å². The average Bonchev–Trinajstić information content (AvgIpc) is 2.82. The first-order valence-electron chi connectivity index (χ1n) is 10.8. The summed E-state index contributed by atoms with van der Waals surface area (Å²) in [5.41, 5.74) is 1.20. The van der Waals surface area contributed by atoms with Crippen LogP contribution in [0.4, 0.5) is 5.69 Å². The molecule has 1 atom stereocenters. The molecule has 3 rings (SSSR count). The lowest BCUT2D eigenvalue weighted by Gasteiger charge is -2.18. The van der Waals surface area contributed by atoms with E-state index in [2.05, 4.69) is 10.0 Å². The molecular weight excluding hydrogens is 476 g/mol. The molecule has 0 aliphatic rings. The molecule has 0 heterocycles. The Bertz CT molecular complexity index is 1250. The summed E-state index contributed by atoms with van der Waals surface area (Å²) in [5, 5.41) is 3.10. The first-order valence-corrected chi connectivity index (χ1v) is 12.7. The van der Waals surface area contributed by atoms with Crippen LogP contribution in [0.1, 0.15) is 42.7 Å². The van der Waals surface area contributed by atoms with Gasteiger partial charge in [-0.1, -0.05) is 35.9 Å². The van der Waals surface area contributed by atoms with Crippen molar-refractivity contribution in [3.8, 4) is 11.5 Å². The number of benzene rings is 3. The van der Waals surface area contributed by atoms with E-state index in [4.69, 9.17) is 21.1 Å². The standard InChI is InChI=1S/C25H27ClN2O5S/c1-4-32-23-14-11-18(15-24(23)33-5-2)17(3)27-25(29)21-16-19(12-13-22(21)26)28-34(30,31)20-9-7-6-8-10-20/h6-17,28H,4-5H2,1-3H3,(H,27,29). The quantitative estimate of drug-likeness (QED) is 0.385. The van der Waals surface area contributed by atoms with Crippen LogP contribution in [0.25, 0.3) is 0 Å². The fraction of sp³-hybridized carbons (Fsp3) is 0.240. The maximum absolute atomic E-state index is 13.0. The summed E-state index contributed by atoms with van der Waals surface area (Å²) in [4.78, 5) is 13.1. The van der Waals surface area contributed by atoms with Gasteiger partial charge in [-0.15, -0.1) is 0 Å². The Morgan fingerprint density at radius 1 is 0.941 bits per heavy atom. The summed E-state index contributed by atoms with van der Waals surface area (Å²) in [7, 11) is -3.80. The van der Waals surface area contributed by atoms with Gasteiger partial charge in [-0.25, -0.2) is 8.42 Å². The number of amides is 1. The molecule has 2 N–H and O–H groups in total. The molecule has 7 nitrogen and oxygen atoms in total. The minimum absolute atomic E-state index is 0.116. The van der Waals surface area contributed by atoms with Crippen LogP contribution in [0.15, 0.2) is 71.6 Å². The van der Waals surface area contributed by atoms with Crippen LogP contribution in [0.5, 0.6) is 11.5 Å². The molecule has 9 heteroatoms. The van der Waals surface area contributed by atoms with Crippen LogP contribution >= 0.6 is 11.6 Å².